The fourth-order valence-electron chi connectivity index (χ4n) is 3.95. The summed E-state index contributed by atoms with van der Waals surface area (Å²) in [7, 11) is 0. The Hall–Kier alpha value is -3.18. The maximum atomic E-state index is 13.2. The maximum absolute atomic E-state index is 13.2. The number of hydrogen-bond donors (Lipinski definition) is 2. The summed E-state index contributed by atoms with van der Waals surface area (Å²) in [5.74, 6) is 1.68. The summed E-state index contributed by atoms with van der Waals surface area (Å²) in [6.07, 6.45) is 2.52. The Bertz CT molecular complexity index is 1170. The summed E-state index contributed by atoms with van der Waals surface area (Å²) >= 11 is 6.07. The predicted molar refractivity (Wildman–Crippen MR) is 115 cm³/mol. The van der Waals surface area contributed by atoms with Crippen molar-refractivity contribution < 1.29 is 9.21 Å². The number of rotatable bonds is 4. The summed E-state index contributed by atoms with van der Waals surface area (Å²) in [6.45, 7) is 1.37. The lowest BCUT2D eigenvalue weighted by Crippen LogP contribution is -2.31. The van der Waals surface area contributed by atoms with E-state index in [2.05, 4.69) is 16.4 Å². The van der Waals surface area contributed by atoms with Gasteiger partial charge in [-0.25, -0.2) is 0 Å². The van der Waals surface area contributed by atoms with Gasteiger partial charge in [-0.3, -0.25) is 4.79 Å². The molecule has 0 bridgehead atoms. The molecule has 6 heteroatoms. The highest BCUT2D eigenvalue weighted by Gasteiger charge is 2.28. The number of fused-ring (bicyclic) bond motifs is 1. The van der Waals surface area contributed by atoms with E-state index in [1.54, 1.807) is 6.26 Å². The van der Waals surface area contributed by atoms with Gasteiger partial charge < -0.3 is 19.6 Å². The largest absolute Gasteiger partial charge is 0.464 e. The molecule has 0 aliphatic carbocycles. The molecule has 146 valence electrons. The number of aromatic amines is 1. The molecular formula is C23H20ClN3O2. The van der Waals surface area contributed by atoms with Gasteiger partial charge in [0, 0.05) is 40.6 Å². The van der Waals surface area contributed by atoms with E-state index in [9.17, 15) is 4.79 Å². The maximum Gasteiger partial charge on any atom is 0.254 e. The van der Waals surface area contributed by atoms with Crippen LogP contribution in [0.15, 0.2) is 71.3 Å². The highest BCUT2D eigenvalue weighted by Crippen LogP contribution is 2.27. The molecular weight excluding hydrogens is 386 g/mol. The minimum atomic E-state index is 0.0322. The first-order valence-corrected chi connectivity index (χ1v) is 10.0. The van der Waals surface area contributed by atoms with Crippen molar-refractivity contribution in [3.63, 3.8) is 0 Å². The topological polar surface area (TPSA) is 61.3 Å². The zero-order chi connectivity index (χ0) is 19.8. The molecule has 29 heavy (non-hydrogen) atoms. The van der Waals surface area contributed by atoms with Gasteiger partial charge in [0.25, 0.3) is 5.91 Å². The van der Waals surface area contributed by atoms with E-state index in [-0.39, 0.29) is 11.9 Å². The Morgan fingerprint density at radius 3 is 2.90 bits per heavy atom. The van der Waals surface area contributed by atoms with Gasteiger partial charge in [-0.15, -0.1) is 0 Å². The van der Waals surface area contributed by atoms with Gasteiger partial charge in [0.2, 0.25) is 0 Å². The number of nitrogens with one attached hydrogen (secondary N) is 2. The Morgan fingerprint density at radius 1 is 1.14 bits per heavy atom. The monoisotopic (exact) mass is 405 g/mol. The molecule has 1 saturated heterocycles. The molecule has 1 atom stereocenters. The number of H-pyrrole nitrogens is 1. The highest BCUT2D eigenvalue weighted by atomic mass is 35.5. The normalized spacial score (nSPS) is 16.4. The van der Waals surface area contributed by atoms with Gasteiger partial charge in [-0.2, -0.15) is 0 Å². The van der Waals surface area contributed by atoms with Crippen molar-refractivity contribution in [2.45, 2.75) is 12.5 Å². The van der Waals surface area contributed by atoms with Crippen molar-refractivity contribution >= 4 is 34.2 Å². The number of carbonyl (C=O) groups is 1. The second kappa shape index (κ2) is 7.33. The zero-order valence-electron chi connectivity index (χ0n) is 15.7. The average molecular weight is 406 g/mol. The first kappa shape index (κ1) is 17.9. The van der Waals surface area contributed by atoms with Crippen molar-refractivity contribution in [1.82, 2.24) is 9.88 Å². The van der Waals surface area contributed by atoms with E-state index >= 15 is 0 Å². The molecule has 0 spiro atoms. The molecule has 5 nitrogen and oxygen atoms in total. The molecule has 0 radical (unpaired) electrons. The molecule has 1 aliphatic rings. The molecule has 0 saturated carbocycles. The van der Waals surface area contributed by atoms with Crippen LogP contribution in [0.1, 0.15) is 16.8 Å². The smallest absolute Gasteiger partial charge is 0.254 e. The lowest BCUT2D eigenvalue weighted by molar-refractivity contribution is 0.0792. The standard InChI is InChI=1S/C23H20ClN3O2/c24-16-8-7-15-12-22(26-20(15)13-16)25-17-9-10-27(14-17)23(28)19-5-2-1-4-18(19)21-6-3-11-29-21/h1-8,11-13,17,25-26H,9-10,14H2/t17-/m1/s1. The summed E-state index contributed by atoms with van der Waals surface area (Å²) in [4.78, 5) is 18.4. The van der Waals surface area contributed by atoms with Crippen LogP contribution < -0.4 is 5.32 Å². The molecule has 1 amide bonds. The number of amides is 1. The number of benzene rings is 2. The molecule has 1 fully saturated rings. The lowest BCUT2D eigenvalue weighted by Gasteiger charge is -2.18. The Balaban J connectivity index is 1.31. The van der Waals surface area contributed by atoms with E-state index < -0.39 is 0 Å². The third-order valence-electron chi connectivity index (χ3n) is 5.36. The lowest BCUT2D eigenvalue weighted by atomic mass is 10.0. The second-order valence-electron chi connectivity index (χ2n) is 7.32. The van der Waals surface area contributed by atoms with Gasteiger partial charge in [0.15, 0.2) is 0 Å². The van der Waals surface area contributed by atoms with Crippen LogP contribution in [0.2, 0.25) is 5.02 Å². The van der Waals surface area contributed by atoms with E-state index in [1.165, 1.54) is 0 Å². The summed E-state index contributed by atoms with van der Waals surface area (Å²) in [5.41, 5.74) is 2.49. The van der Waals surface area contributed by atoms with Crippen molar-refractivity contribution in [3.05, 3.63) is 77.5 Å². The second-order valence-corrected chi connectivity index (χ2v) is 7.76. The fourth-order valence-corrected chi connectivity index (χ4v) is 4.12. The number of aromatic nitrogens is 1. The number of likely N-dealkylation sites (tertiary alicyclic amines) is 1. The number of furan rings is 1. The van der Waals surface area contributed by atoms with Crippen LogP contribution in [0.25, 0.3) is 22.2 Å². The summed E-state index contributed by atoms with van der Waals surface area (Å²) in [5, 5.41) is 5.33. The first-order valence-electron chi connectivity index (χ1n) is 9.64. The third-order valence-corrected chi connectivity index (χ3v) is 5.60. The first-order chi connectivity index (χ1) is 14.2. The summed E-state index contributed by atoms with van der Waals surface area (Å²) < 4.78 is 5.51. The van der Waals surface area contributed by atoms with E-state index in [4.69, 9.17) is 16.0 Å². The molecule has 0 unspecified atom stereocenters. The van der Waals surface area contributed by atoms with Gasteiger partial charge in [0.1, 0.15) is 11.6 Å². The van der Waals surface area contributed by atoms with Crippen molar-refractivity contribution in [2.24, 2.45) is 0 Å². The number of hydrogen-bond acceptors (Lipinski definition) is 3. The minimum absolute atomic E-state index is 0.0322. The Kier molecular flexibility index (Phi) is 4.52. The predicted octanol–water partition coefficient (Wildman–Crippen LogP) is 5.41. The van der Waals surface area contributed by atoms with E-state index in [1.807, 2.05) is 59.5 Å². The van der Waals surface area contributed by atoms with Crippen LogP contribution >= 0.6 is 11.6 Å². The number of anilines is 1. The highest BCUT2D eigenvalue weighted by molar-refractivity contribution is 6.31. The van der Waals surface area contributed by atoms with Crippen molar-refractivity contribution in [3.8, 4) is 11.3 Å². The molecule has 2 aromatic heterocycles. The van der Waals surface area contributed by atoms with Crippen molar-refractivity contribution in [2.75, 3.05) is 18.4 Å². The molecule has 5 rings (SSSR count). The van der Waals surface area contributed by atoms with Gasteiger partial charge in [0.05, 0.1) is 11.8 Å². The van der Waals surface area contributed by atoms with Crippen LogP contribution in [0.5, 0.6) is 0 Å². The molecule has 1 aliphatic heterocycles. The van der Waals surface area contributed by atoms with E-state index in [0.29, 0.717) is 22.9 Å². The van der Waals surface area contributed by atoms with E-state index in [0.717, 1.165) is 35.2 Å². The van der Waals surface area contributed by atoms with Gasteiger partial charge in [-0.05, 0) is 42.8 Å². The third kappa shape index (κ3) is 3.49. The molecule has 4 aromatic rings. The number of carbonyl (C=O) groups excluding carboxylic acids is 1. The average Bonchev–Trinajstić information content (AvgIpc) is 3.48. The van der Waals surface area contributed by atoms with Crippen LogP contribution in [0.4, 0.5) is 5.82 Å². The molecule has 2 aromatic carbocycles. The van der Waals surface area contributed by atoms with Crippen LogP contribution in [0.3, 0.4) is 0 Å². The van der Waals surface area contributed by atoms with Crippen molar-refractivity contribution in [1.29, 1.82) is 0 Å². The van der Waals surface area contributed by atoms with Crippen LogP contribution in [-0.2, 0) is 0 Å². The van der Waals surface area contributed by atoms with Crippen LogP contribution in [-0.4, -0.2) is 34.9 Å². The Labute approximate surface area is 173 Å². The minimum Gasteiger partial charge on any atom is -0.464 e. The molecule has 3 heterocycles. The fraction of sp³-hybridized carbons (Fsp3) is 0.174. The molecule has 2 N–H and O–H groups in total. The van der Waals surface area contributed by atoms with Gasteiger partial charge in [-0.1, -0.05) is 35.9 Å². The van der Waals surface area contributed by atoms with Gasteiger partial charge >= 0.3 is 0 Å². The van der Waals surface area contributed by atoms with Crippen LogP contribution in [0, 0.1) is 0 Å². The Morgan fingerprint density at radius 2 is 2.03 bits per heavy atom. The summed E-state index contributed by atoms with van der Waals surface area (Å²) in [6, 6.07) is 19.4. The quantitative estimate of drug-likeness (QED) is 0.477. The zero-order valence-corrected chi connectivity index (χ0v) is 16.4. The SMILES string of the molecule is O=C(c1ccccc1-c1ccco1)N1CC[C@@H](Nc2cc3ccc(Cl)cc3[nH]2)C1. The number of nitrogens with zero attached hydrogens (tertiary/aromatic N) is 1. The number of halogens is 1.